The average Bonchev–Trinajstić information content (AvgIpc) is 2.04. The molecular weight excluding hydrogens is 146 g/mol. The summed E-state index contributed by atoms with van der Waals surface area (Å²) < 4.78 is 0. The Bertz CT molecular complexity index is 329. The second-order valence-electron chi connectivity index (χ2n) is 1.98. The minimum Gasteiger partial charge on any atom is -0.411 e. The van der Waals surface area contributed by atoms with Gasteiger partial charge in [-0.25, -0.2) is 5.10 Å². The molecule has 0 radical (unpaired) electrons. The standard InChI is InChI=1S/C6H7N3O2/c1-4(9-11)5-2-3-7-8-6(5)10/h2-3,11H,1H3,(H,8,10)/b9-4+. The first-order valence-electron chi connectivity index (χ1n) is 2.98. The Morgan fingerprint density at radius 3 is 3.09 bits per heavy atom. The van der Waals surface area contributed by atoms with E-state index in [1.807, 2.05) is 0 Å². The van der Waals surface area contributed by atoms with Crippen LogP contribution >= 0.6 is 0 Å². The quantitative estimate of drug-likeness (QED) is 0.338. The van der Waals surface area contributed by atoms with E-state index in [0.717, 1.165) is 0 Å². The fourth-order valence-electron chi connectivity index (χ4n) is 0.682. The normalized spacial score (nSPS) is 11.5. The summed E-state index contributed by atoms with van der Waals surface area (Å²) >= 11 is 0. The van der Waals surface area contributed by atoms with E-state index in [1.165, 1.54) is 19.2 Å². The lowest BCUT2D eigenvalue weighted by molar-refractivity contribution is 0.319. The van der Waals surface area contributed by atoms with Crippen molar-refractivity contribution in [2.24, 2.45) is 5.16 Å². The maximum Gasteiger partial charge on any atom is 0.273 e. The van der Waals surface area contributed by atoms with Gasteiger partial charge < -0.3 is 5.21 Å². The third-order valence-electron chi connectivity index (χ3n) is 1.27. The number of oxime groups is 1. The molecule has 58 valence electrons. The molecule has 0 saturated carbocycles. The molecule has 0 unspecified atom stereocenters. The van der Waals surface area contributed by atoms with Crippen molar-refractivity contribution < 1.29 is 5.21 Å². The number of nitrogens with one attached hydrogen (secondary N) is 1. The third-order valence-corrected chi connectivity index (χ3v) is 1.27. The van der Waals surface area contributed by atoms with Gasteiger partial charge in [-0.05, 0) is 13.0 Å². The molecule has 1 aromatic rings. The number of hydrogen-bond acceptors (Lipinski definition) is 4. The van der Waals surface area contributed by atoms with E-state index >= 15 is 0 Å². The summed E-state index contributed by atoms with van der Waals surface area (Å²) in [6, 6.07) is 1.48. The van der Waals surface area contributed by atoms with Crippen LogP contribution in [0.1, 0.15) is 12.5 Å². The molecule has 1 heterocycles. The van der Waals surface area contributed by atoms with Crippen molar-refractivity contribution in [3.8, 4) is 0 Å². The van der Waals surface area contributed by atoms with Crippen LogP contribution in [0.25, 0.3) is 0 Å². The van der Waals surface area contributed by atoms with Crippen LogP contribution in [0.2, 0.25) is 0 Å². The van der Waals surface area contributed by atoms with E-state index < -0.39 is 0 Å². The van der Waals surface area contributed by atoms with E-state index in [9.17, 15) is 4.79 Å². The first-order chi connectivity index (χ1) is 5.25. The van der Waals surface area contributed by atoms with Crippen molar-refractivity contribution in [2.75, 3.05) is 0 Å². The topological polar surface area (TPSA) is 78.3 Å². The van der Waals surface area contributed by atoms with Crippen molar-refractivity contribution in [1.82, 2.24) is 10.2 Å². The molecule has 0 amide bonds. The second-order valence-corrected chi connectivity index (χ2v) is 1.98. The molecule has 5 nitrogen and oxygen atoms in total. The van der Waals surface area contributed by atoms with E-state index in [-0.39, 0.29) is 11.3 Å². The van der Waals surface area contributed by atoms with Crippen LogP contribution < -0.4 is 5.56 Å². The van der Waals surface area contributed by atoms with Crippen molar-refractivity contribution in [2.45, 2.75) is 6.92 Å². The molecule has 0 aliphatic carbocycles. The molecule has 0 aromatic carbocycles. The molecule has 2 N–H and O–H groups in total. The summed E-state index contributed by atoms with van der Waals surface area (Å²) in [6.45, 7) is 1.53. The highest BCUT2D eigenvalue weighted by Gasteiger charge is 2.01. The molecule has 5 heteroatoms. The molecule has 0 atom stereocenters. The Hall–Kier alpha value is -1.65. The summed E-state index contributed by atoms with van der Waals surface area (Å²) in [7, 11) is 0. The number of nitrogens with zero attached hydrogens (tertiary/aromatic N) is 2. The number of hydrogen-bond donors (Lipinski definition) is 2. The van der Waals surface area contributed by atoms with Gasteiger partial charge in [0, 0.05) is 6.20 Å². The lowest BCUT2D eigenvalue weighted by atomic mass is 10.2. The van der Waals surface area contributed by atoms with Gasteiger partial charge in [0.1, 0.15) is 0 Å². The summed E-state index contributed by atoms with van der Waals surface area (Å²) in [6.07, 6.45) is 1.42. The first-order valence-corrected chi connectivity index (χ1v) is 2.98. The van der Waals surface area contributed by atoms with Gasteiger partial charge >= 0.3 is 0 Å². The van der Waals surface area contributed by atoms with Gasteiger partial charge in [0.15, 0.2) is 0 Å². The SMILES string of the molecule is C/C(=N\O)c1ccn[nH]c1=O. The zero-order chi connectivity index (χ0) is 8.27. The minimum atomic E-state index is -0.359. The van der Waals surface area contributed by atoms with Gasteiger partial charge in [0.2, 0.25) is 0 Å². The van der Waals surface area contributed by atoms with Gasteiger partial charge in [-0.3, -0.25) is 4.79 Å². The molecule has 0 saturated heterocycles. The molecule has 0 bridgehead atoms. The molecule has 0 aliphatic heterocycles. The lowest BCUT2D eigenvalue weighted by Gasteiger charge is -1.93. The predicted molar refractivity (Wildman–Crippen MR) is 38.9 cm³/mol. The van der Waals surface area contributed by atoms with Gasteiger partial charge in [0.05, 0.1) is 11.3 Å². The van der Waals surface area contributed by atoms with E-state index in [4.69, 9.17) is 5.21 Å². The van der Waals surface area contributed by atoms with Crippen molar-refractivity contribution in [1.29, 1.82) is 0 Å². The molecule has 0 spiro atoms. The Kier molecular flexibility index (Phi) is 2.00. The Balaban J connectivity index is 3.25. The zero-order valence-electron chi connectivity index (χ0n) is 5.90. The number of aromatic amines is 1. The van der Waals surface area contributed by atoms with Crippen LogP contribution in [-0.4, -0.2) is 21.1 Å². The second kappa shape index (κ2) is 2.96. The Morgan fingerprint density at radius 2 is 2.55 bits per heavy atom. The fourth-order valence-corrected chi connectivity index (χ4v) is 0.682. The fraction of sp³-hybridized carbons (Fsp3) is 0.167. The summed E-state index contributed by atoms with van der Waals surface area (Å²) in [5, 5.41) is 16.9. The van der Waals surface area contributed by atoms with Crippen LogP contribution in [0.5, 0.6) is 0 Å². The maximum absolute atomic E-state index is 10.9. The Morgan fingerprint density at radius 1 is 1.82 bits per heavy atom. The molecular formula is C6H7N3O2. The average molecular weight is 153 g/mol. The van der Waals surface area contributed by atoms with Crippen LogP contribution in [0, 0.1) is 0 Å². The Labute approximate surface area is 62.4 Å². The highest BCUT2D eigenvalue weighted by Crippen LogP contribution is 1.89. The molecule has 1 aromatic heterocycles. The van der Waals surface area contributed by atoms with Crippen molar-refractivity contribution in [3.63, 3.8) is 0 Å². The predicted octanol–water partition coefficient (Wildman–Crippen LogP) is -0.0319. The third kappa shape index (κ3) is 1.43. The van der Waals surface area contributed by atoms with Crippen LogP contribution in [0.3, 0.4) is 0 Å². The first kappa shape index (κ1) is 7.46. The van der Waals surface area contributed by atoms with Crippen LogP contribution in [-0.2, 0) is 0 Å². The number of H-pyrrole nitrogens is 1. The maximum atomic E-state index is 10.9. The highest BCUT2D eigenvalue weighted by atomic mass is 16.4. The van der Waals surface area contributed by atoms with Gasteiger partial charge in [-0.15, -0.1) is 0 Å². The van der Waals surface area contributed by atoms with Crippen LogP contribution in [0.15, 0.2) is 22.2 Å². The molecule has 0 aliphatic rings. The molecule has 1 rings (SSSR count). The van der Waals surface area contributed by atoms with Crippen molar-refractivity contribution >= 4 is 5.71 Å². The summed E-state index contributed by atoms with van der Waals surface area (Å²) in [5.41, 5.74) is 0.235. The minimum absolute atomic E-state index is 0.272. The monoisotopic (exact) mass is 153 g/mol. The van der Waals surface area contributed by atoms with E-state index in [1.54, 1.807) is 0 Å². The van der Waals surface area contributed by atoms with E-state index in [2.05, 4.69) is 15.4 Å². The summed E-state index contributed by atoms with van der Waals surface area (Å²) in [5.74, 6) is 0. The smallest absolute Gasteiger partial charge is 0.273 e. The van der Waals surface area contributed by atoms with Gasteiger partial charge in [-0.2, -0.15) is 5.10 Å². The molecule has 0 fully saturated rings. The van der Waals surface area contributed by atoms with Crippen LogP contribution in [0.4, 0.5) is 0 Å². The van der Waals surface area contributed by atoms with Crippen molar-refractivity contribution in [3.05, 3.63) is 28.2 Å². The highest BCUT2D eigenvalue weighted by molar-refractivity contribution is 5.97. The van der Waals surface area contributed by atoms with Gasteiger partial charge in [-0.1, -0.05) is 5.16 Å². The number of aromatic nitrogens is 2. The van der Waals surface area contributed by atoms with E-state index in [0.29, 0.717) is 5.56 Å². The largest absolute Gasteiger partial charge is 0.411 e. The number of rotatable bonds is 1. The molecule has 11 heavy (non-hydrogen) atoms. The van der Waals surface area contributed by atoms with Gasteiger partial charge in [0.25, 0.3) is 5.56 Å². The zero-order valence-corrected chi connectivity index (χ0v) is 5.90. The summed E-state index contributed by atoms with van der Waals surface area (Å²) in [4.78, 5) is 10.9. The lowest BCUT2D eigenvalue weighted by Crippen LogP contribution is -2.16.